The van der Waals surface area contributed by atoms with Crippen molar-refractivity contribution in [3.63, 3.8) is 0 Å². The highest BCUT2D eigenvalue weighted by molar-refractivity contribution is 5.68. The number of para-hydroxylation sites is 1. The molecule has 0 aliphatic rings. The molecule has 0 fully saturated rings. The summed E-state index contributed by atoms with van der Waals surface area (Å²) >= 11 is 0. The molecule has 0 heterocycles. The minimum Gasteiger partial charge on any atom is -0.444 e. The second-order valence-electron chi connectivity index (χ2n) is 5.97. The van der Waals surface area contributed by atoms with Gasteiger partial charge in [-0.15, -0.1) is 0 Å². The highest BCUT2D eigenvalue weighted by Gasteiger charge is 2.16. The Morgan fingerprint density at radius 2 is 1.95 bits per heavy atom. The van der Waals surface area contributed by atoms with Crippen LogP contribution in [0.3, 0.4) is 0 Å². The number of hydrogen-bond donors (Lipinski definition) is 2. The van der Waals surface area contributed by atoms with E-state index in [0.29, 0.717) is 12.6 Å². The van der Waals surface area contributed by atoms with Gasteiger partial charge >= 0.3 is 6.09 Å². The molecule has 0 saturated carbocycles. The van der Waals surface area contributed by atoms with Crippen LogP contribution in [0.2, 0.25) is 0 Å². The fourth-order valence-electron chi connectivity index (χ4n) is 1.66. The van der Waals surface area contributed by atoms with Crippen molar-refractivity contribution in [1.29, 1.82) is 0 Å². The molecule has 2 N–H and O–H groups in total. The van der Waals surface area contributed by atoms with Crippen molar-refractivity contribution in [1.82, 2.24) is 5.32 Å². The van der Waals surface area contributed by atoms with Crippen molar-refractivity contribution in [2.75, 3.05) is 5.32 Å². The van der Waals surface area contributed by atoms with Crippen LogP contribution >= 0.6 is 0 Å². The molecule has 1 atom stereocenters. The topological polar surface area (TPSA) is 50.4 Å². The maximum absolute atomic E-state index is 11.7. The molecule has 1 unspecified atom stereocenters. The smallest absolute Gasteiger partial charge is 0.407 e. The lowest BCUT2D eigenvalue weighted by molar-refractivity contribution is 0.0523. The van der Waals surface area contributed by atoms with Crippen molar-refractivity contribution < 1.29 is 9.53 Å². The van der Waals surface area contributed by atoms with Crippen LogP contribution in [0, 0.1) is 0 Å². The third kappa shape index (κ3) is 5.95. The first-order valence-electron chi connectivity index (χ1n) is 7.13. The molecule has 1 amide bonds. The first-order chi connectivity index (χ1) is 9.31. The number of ether oxygens (including phenoxy) is 1. The van der Waals surface area contributed by atoms with E-state index >= 15 is 0 Å². The van der Waals surface area contributed by atoms with Crippen molar-refractivity contribution in [2.24, 2.45) is 0 Å². The number of carbonyl (C=O) groups is 1. The monoisotopic (exact) mass is 278 g/mol. The standard InChI is InChI=1S/C16H26N2O2/c1-6-12(2)18-14-10-8-7-9-13(14)11-17-15(19)20-16(3,4)5/h7-10,12,18H,6,11H2,1-5H3,(H,17,19). The molecule has 1 aromatic rings. The Bertz CT molecular complexity index is 438. The van der Waals surface area contributed by atoms with E-state index in [1.165, 1.54) is 0 Å². The molecule has 0 aliphatic carbocycles. The Labute approximate surface area is 121 Å². The molecule has 4 heteroatoms. The van der Waals surface area contributed by atoms with E-state index in [2.05, 4.69) is 24.5 Å². The summed E-state index contributed by atoms with van der Waals surface area (Å²) in [6.45, 7) is 10.3. The minimum atomic E-state index is -0.474. The zero-order chi connectivity index (χ0) is 15.2. The molecule has 0 radical (unpaired) electrons. The number of amides is 1. The summed E-state index contributed by atoms with van der Waals surface area (Å²) in [5, 5.41) is 6.23. The number of anilines is 1. The zero-order valence-corrected chi connectivity index (χ0v) is 13.1. The maximum atomic E-state index is 11.7. The predicted molar refractivity (Wildman–Crippen MR) is 82.9 cm³/mol. The molecule has 0 spiro atoms. The lowest BCUT2D eigenvalue weighted by Crippen LogP contribution is -2.32. The zero-order valence-electron chi connectivity index (χ0n) is 13.1. The highest BCUT2D eigenvalue weighted by atomic mass is 16.6. The lowest BCUT2D eigenvalue weighted by atomic mass is 10.1. The first kappa shape index (κ1) is 16.3. The van der Waals surface area contributed by atoms with Crippen molar-refractivity contribution in [3.05, 3.63) is 29.8 Å². The number of rotatable bonds is 5. The van der Waals surface area contributed by atoms with Crippen LogP contribution in [-0.4, -0.2) is 17.7 Å². The molecule has 0 saturated heterocycles. The highest BCUT2D eigenvalue weighted by Crippen LogP contribution is 2.17. The second kappa shape index (κ2) is 7.17. The van der Waals surface area contributed by atoms with Gasteiger partial charge in [-0.25, -0.2) is 4.79 Å². The van der Waals surface area contributed by atoms with E-state index in [1.807, 2.05) is 45.0 Å². The van der Waals surface area contributed by atoms with E-state index in [1.54, 1.807) is 0 Å². The molecule has 20 heavy (non-hydrogen) atoms. The fourth-order valence-corrected chi connectivity index (χ4v) is 1.66. The molecule has 0 aliphatic heterocycles. The van der Waals surface area contributed by atoms with Gasteiger partial charge < -0.3 is 15.4 Å². The molecule has 0 bridgehead atoms. The Kier molecular flexibility index (Phi) is 5.86. The molecular formula is C16H26N2O2. The van der Waals surface area contributed by atoms with Gasteiger partial charge in [0.25, 0.3) is 0 Å². The predicted octanol–water partition coefficient (Wildman–Crippen LogP) is 3.92. The van der Waals surface area contributed by atoms with Gasteiger partial charge in [0, 0.05) is 18.3 Å². The van der Waals surface area contributed by atoms with E-state index < -0.39 is 11.7 Å². The van der Waals surface area contributed by atoms with Gasteiger partial charge in [0.15, 0.2) is 0 Å². The van der Waals surface area contributed by atoms with Crippen LogP contribution in [0.25, 0.3) is 0 Å². The van der Waals surface area contributed by atoms with Crippen LogP contribution < -0.4 is 10.6 Å². The molecule has 112 valence electrons. The third-order valence-corrected chi connectivity index (χ3v) is 2.85. The van der Waals surface area contributed by atoms with E-state index in [4.69, 9.17) is 4.74 Å². The molecule has 4 nitrogen and oxygen atoms in total. The van der Waals surface area contributed by atoms with Crippen molar-refractivity contribution in [3.8, 4) is 0 Å². The van der Waals surface area contributed by atoms with Crippen LogP contribution in [-0.2, 0) is 11.3 Å². The Balaban J connectivity index is 2.61. The van der Waals surface area contributed by atoms with Gasteiger partial charge in [0.05, 0.1) is 0 Å². The van der Waals surface area contributed by atoms with Crippen molar-refractivity contribution >= 4 is 11.8 Å². The van der Waals surface area contributed by atoms with Gasteiger partial charge in [-0.1, -0.05) is 25.1 Å². The number of nitrogens with one attached hydrogen (secondary N) is 2. The summed E-state index contributed by atoms with van der Waals surface area (Å²) in [7, 11) is 0. The molecule has 1 aromatic carbocycles. The second-order valence-corrected chi connectivity index (χ2v) is 5.97. The molecular weight excluding hydrogens is 252 g/mol. The fraction of sp³-hybridized carbons (Fsp3) is 0.562. The van der Waals surface area contributed by atoms with Crippen molar-refractivity contribution in [2.45, 2.75) is 59.2 Å². The average Bonchev–Trinajstić information content (AvgIpc) is 2.35. The van der Waals surface area contributed by atoms with E-state index in [-0.39, 0.29) is 0 Å². The molecule has 1 rings (SSSR count). The van der Waals surface area contributed by atoms with Gasteiger partial charge in [-0.2, -0.15) is 0 Å². The summed E-state index contributed by atoms with van der Waals surface area (Å²) < 4.78 is 5.23. The Morgan fingerprint density at radius 3 is 2.55 bits per heavy atom. The van der Waals surface area contributed by atoms with Crippen LogP contribution in [0.4, 0.5) is 10.5 Å². The Morgan fingerprint density at radius 1 is 1.30 bits per heavy atom. The number of benzene rings is 1. The van der Waals surface area contributed by atoms with E-state index in [0.717, 1.165) is 17.7 Å². The number of carbonyl (C=O) groups excluding carboxylic acids is 1. The van der Waals surface area contributed by atoms with Crippen LogP contribution in [0.5, 0.6) is 0 Å². The summed E-state index contributed by atoms with van der Waals surface area (Å²) in [6.07, 6.45) is 0.657. The summed E-state index contributed by atoms with van der Waals surface area (Å²) in [6, 6.07) is 8.38. The number of hydrogen-bond acceptors (Lipinski definition) is 3. The van der Waals surface area contributed by atoms with Crippen LogP contribution in [0.15, 0.2) is 24.3 Å². The van der Waals surface area contributed by atoms with Crippen LogP contribution in [0.1, 0.15) is 46.6 Å². The lowest BCUT2D eigenvalue weighted by Gasteiger charge is -2.20. The van der Waals surface area contributed by atoms with Gasteiger partial charge in [0.2, 0.25) is 0 Å². The normalized spacial score (nSPS) is 12.7. The SMILES string of the molecule is CCC(C)Nc1ccccc1CNC(=O)OC(C)(C)C. The Hall–Kier alpha value is -1.71. The summed E-state index contributed by atoms with van der Waals surface area (Å²) in [5.41, 5.74) is 1.63. The average molecular weight is 278 g/mol. The quantitative estimate of drug-likeness (QED) is 0.858. The van der Waals surface area contributed by atoms with E-state index in [9.17, 15) is 4.79 Å². The largest absolute Gasteiger partial charge is 0.444 e. The maximum Gasteiger partial charge on any atom is 0.407 e. The molecule has 0 aromatic heterocycles. The third-order valence-electron chi connectivity index (χ3n) is 2.85. The minimum absolute atomic E-state index is 0.393. The summed E-state index contributed by atoms with van der Waals surface area (Å²) in [5.74, 6) is 0. The van der Waals surface area contributed by atoms with Gasteiger partial charge in [-0.3, -0.25) is 0 Å². The number of alkyl carbamates (subject to hydrolysis) is 1. The first-order valence-corrected chi connectivity index (χ1v) is 7.13. The summed E-state index contributed by atoms with van der Waals surface area (Å²) in [4.78, 5) is 11.7. The van der Waals surface area contributed by atoms with Gasteiger partial charge in [-0.05, 0) is 45.7 Å². The van der Waals surface area contributed by atoms with Gasteiger partial charge in [0.1, 0.15) is 5.60 Å².